The molecule has 0 radical (unpaired) electrons. The first-order valence-electron chi connectivity index (χ1n) is 8.54. The molecule has 1 fully saturated rings. The van der Waals surface area contributed by atoms with E-state index in [0.717, 1.165) is 24.7 Å². The Bertz CT molecular complexity index is 710. The van der Waals surface area contributed by atoms with Gasteiger partial charge in [-0.3, -0.25) is 4.79 Å². The monoisotopic (exact) mass is 338 g/mol. The molecule has 3 rings (SSSR count). The maximum absolute atomic E-state index is 12.3. The van der Waals surface area contributed by atoms with Crippen LogP contribution < -0.4 is 10.1 Å². The lowest BCUT2D eigenvalue weighted by molar-refractivity contribution is 0.106. The van der Waals surface area contributed by atoms with Crippen molar-refractivity contribution < 1.29 is 14.3 Å². The fourth-order valence-electron chi connectivity index (χ4n) is 2.93. The van der Waals surface area contributed by atoms with Crippen molar-refractivity contribution in [3.63, 3.8) is 0 Å². The van der Waals surface area contributed by atoms with E-state index in [1.165, 1.54) is 0 Å². The molecule has 0 bridgehead atoms. The first kappa shape index (κ1) is 17.0. The second kappa shape index (κ2) is 8.33. The van der Waals surface area contributed by atoms with Crippen LogP contribution in [0.4, 0.5) is 4.79 Å². The number of benzene rings is 2. The number of urea groups is 1. The molecule has 5 heteroatoms. The molecule has 130 valence electrons. The lowest BCUT2D eigenvalue weighted by Gasteiger charge is -2.32. The summed E-state index contributed by atoms with van der Waals surface area (Å²) in [5.74, 6) is 0.615. The summed E-state index contributed by atoms with van der Waals surface area (Å²) in [6, 6.07) is 17.0. The average Bonchev–Trinajstić information content (AvgIpc) is 2.68. The Morgan fingerprint density at radius 3 is 2.48 bits per heavy atom. The number of aldehydes is 1. The first-order chi connectivity index (χ1) is 12.3. The molecule has 1 aliphatic heterocycles. The van der Waals surface area contributed by atoms with Crippen LogP contribution in [0, 0.1) is 0 Å². The smallest absolute Gasteiger partial charge is 0.317 e. The quantitative estimate of drug-likeness (QED) is 0.852. The van der Waals surface area contributed by atoms with Gasteiger partial charge in [0.05, 0.1) is 5.56 Å². The van der Waals surface area contributed by atoms with Crippen LogP contribution in [0.2, 0.25) is 0 Å². The second-order valence-corrected chi connectivity index (χ2v) is 6.10. The minimum Gasteiger partial charge on any atom is -0.490 e. The van der Waals surface area contributed by atoms with Crippen molar-refractivity contribution in [3.8, 4) is 5.75 Å². The third kappa shape index (κ3) is 4.59. The maximum atomic E-state index is 12.3. The van der Waals surface area contributed by atoms with Crippen molar-refractivity contribution in [1.82, 2.24) is 10.2 Å². The molecule has 2 aromatic rings. The summed E-state index contributed by atoms with van der Waals surface area (Å²) < 4.78 is 5.95. The summed E-state index contributed by atoms with van der Waals surface area (Å²) in [5.41, 5.74) is 1.64. The number of rotatable bonds is 5. The van der Waals surface area contributed by atoms with Crippen LogP contribution in [0.1, 0.15) is 28.8 Å². The zero-order valence-corrected chi connectivity index (χ0v) is 14.1. The predicted molar refractivity (Wildman–Crippen MR) is 95.7 cm³/mol. The van der Waals surface area contributed by atoms with Crippen LogP contribution in [0.5, 0.6) is 5.75 Å². The van der Waals surface area contributed by atoms with Crippen LogP contribution in [-0.2, 0) is 6.54 Å². The largest absolute Gasteiger partial charge is 0.490 e. The molecular formula is C20H22N2O3. The number of carbonyl (C=O) groups is 2. The van der Waals surface area contributed by atoms with E-state index in [4.69, 9.17) is 4.74 Å². The molecule has 1 heterocycles. The third-order valence-corrected chi connectivity index (χ3v) is 4.36. The summed E-state index contributed by atoms with van der Waals surface area (Å²) in [5, 5.41) is 2.95. The Balaban J connectivity index is 1.46. The number of ether oxygens (including phenoxy) is 1. The van der Waals surface area contributed by atoms with Crippen molar-refractivity contribution >= 4 is 12.3 Å². The van der Waals surface area contributed by atoms with Gasteiger partial charge in [-0.05, 0) is 17.7 Å². The highest BCUT2D eigenvalue weighted by atomic mass is 16.5. The summed E-state index contributed by atoms with van der Waals surface area (Å²) in [6.07, 6.45) is 2.35. The molecule has 0 atom stereocenters. The fourth-order valence-corrected chi connectivity index (χ4v) is 2.93. The number of amides is 2. The van der Waals surface area contributed by atoms with E-state index in [0.29, 0.717) is 30.9 Å². The third-order valence-electron chi connectivity index (χ3n) is 4.36. The molecule has 0 unspecified atom stereocenters. The minimum atomic E-state index is -0.0457. The number of piperidine rings is 1. The molecule has 25 heavy (non-hydrogen) atoms. The Labute approximate surface area is 147 Å². The van der Waals surface area contributed by atoms with Crippen molar-refractivity contribution in [2.45, 2.75) is 25.5 Å². The molecule has 2 amide bonds. The fraction of sp³-hybridized carbons (Fsp3) is 0.300. The highest BCUT2D eigenvalue weighted by molar-refractivity contribution is 5.79. The van der Waals surface area contributed by atoms with Crippen molar-refractivity contribution in [1.29, 1.82) is 0 Å². The van der Waals surface area contributed by atoms with Crippen LogP contribution >= 0.6 is 0 Å². The van der Waals surface area contributed by atoms with Crippen molar-refractivity contribution in [2.24, 2.45) is 0 Å². The average molecular weight is 338 g/mol. The standard InChI is InChI=1S/C20H22N2O3/c23-15-17-8-4-5-9-19(17)25-18-10-12-22(13-11-18)20(24)21-14-16-6-2-1-3-7-16/h1-9,15,18H,10-14H2,(H,21,24). The molecule has 1 N–H and O–H groups in total. The zero-order valence-electron chi connectivity index (χ0n) is 14.1. The van der Waals surface area contributed by atoms with Gasteiger partial charge in [0, 0.05) is 32.5 Å². The highest BCUT2D eigenvalue weighted by Crippen LogP contribution is 2.22. The highest BCUT2D eigenvalue weighted by Gasteiger charge is 2.24. The molecule has 0 saturated carbocycles. The van der Waals surface area contributed by atoms with Crippen molar-refractivity contribution in [3.05, 3.63) is 65.7 Å². The van der Waals surface area contributed by atoms with Gasteiger partial charge >= 0.3 is 6.03 Å². The van der Waals surface area contributed by atoms with Gasteiger partial charge < -0.3 is 15.0 Å². The summed E-state index contributed by atoms with van der Waals surface area (Å²) in [7, 11) is 0. The van der Waals surface area contributed by atoms with E-state index in [-0.39, 0.29) is 12.1 Å². The lowest BCUT2D eigenvalue weighted by atomic mass is 10.1. The number of hydrogen-bond donors (Lipinski definition) is 1. The summed E-state index contributed by atoms with van der Waals surface area (Å²) in [6.45, 7) is 1.83. The van der Waals surface area contributed by atoms with E-state index in [1.807, 2.05) is 53.4 Å². The van der Waals surface area contributed by atoms with Crippen LogP contribution in [0.25, 0.3) is 0 Å². The lowest BCUT2D eigenvalue weighted by Crippen LogP contribution is -2.46. The molecule has 0 aromatic heterocycles. The van der Waals surface area contributed by atoms with Gasteiger partial charge in [0.15, 0.2) is 6.29 Å². The van der Waals surface area contributed by atoms with Gasteiger partial charge in [-0.25, -0.2) is 4.79 Å². The zero-order chi connectivity index (χ0) is 17.5. The molecule has 5 nitrogen and oxygen atoms in total. The van der Waals surface area contributed by atoms with Gasteiger partial charge in [0.25, 0.3) is 0 Å². The van der Waals surface area contributed by atoms with Crippen LogP contribution in [-0.4, -0.2) is 36.4 Å². The Hall–Kier alpha value is -2.82. The van der Waals surface area contributed by atoms with Gasteiger partial charge in [-0.2, -0.15) is 0 Å². The maximum Gasteiger partial charge on any atom is 0.317 e. The SMILES string of the molecule is O=Cc1ccccc1OC1CCN(C(=O)NCc2ccccc2)CC1. The van der Waals surface area contributed by atoms with Crippen molar-refractivity contribution in [2.75, 3.05) is 13.1 Å². The molecule has 0 aliphatic carbocycles. The molecule has 1 saturated heterocycles. The van der Waals surface area contributed by atoms with Crippen LogP contribution in [0.3, 0.4) is 0 Å². The second-order valence-electron chi connectivity index (χ2n) is 6.10. The normalized spacial score (nSPS) is 14.8. The van der Waals surface area contributed by atoms with E-state index in [1.54, 1.807) is 6.07 Å². The van der Waals surface area contributed by atoms with E-state index < -0.39 is 0 Å². The topological polar surface area (TPSA) is 58.6 Å². The molecule has 2 aromatic carbocycles. The minimum absolute atomic E-state index is 0.0271. The summed E-state index contributed by atoms with van der Waals surface area (Å²) >= 11 is 0. The summed E-state index contributed by atoms with van der Waals surface area (Å²) in [4.78, 5) is 25.1. The number of likely N-dealkylation sites (tertiary alicyclic amines) is 1. The first-order valence-corrected chi connectivity index (χ1v) is 8.54. The van der Waals surface area contributed by atoms with Gasteiger partial charge in [-0.1, -0.05) is 42.5 Å². The number of nitrogens with one attached hydrogen (secondary N) is 1. The van der Waals surface area contributed by atoms with Crippen LogP contribution in [0.15, 0.2) is 54.6 Å². The number of para-hydroxylation sites is 1. The van der Waals surface area contributed by atoms with E-state index >= 15 is 0 Å². The predicted octanol–water partition coefficient (Wildman–Crippen LogP) is 3.25. The number of hydrogen-bond acceptors (Lipinski definition) is 3. The molecular weight excluding hydrogens is 316 g/mol. The Kier molecular flexibility index (Phi) is 5.67. The Morgan fingerprint density at radius 1 is 1.08 bits per heavy atom. The van der Waals surface area contributed by atoms with Gasteiger partial charge in [-0.15, -0.1) is 0 Å². The van der Waals surface area contributed by atoms with Gasteiger partial charge in [0.2, 0.25) is 0 Å². The van der Waals surface area contributed by atoms with E-state index in [2.05, 4.69) is 5.32 Å². The Morgan fingerprint density at radius 2 is 1.76 bits per heavy atom. The molecule has 0 spiro atoms. The number of nitrogens with zero attached hydrogens (tertiary/aromatic N) is 1. The van der Waals surface area contributed by atoms with E-state index in [9.17, 15) is 9.59 Å². The number of carbonyl (C=O) groups excluding carboxylic acids is 2. The molecule has 1 aliphatic rings. The van der Waals surface area contributed by atoms with Gasteiger partial charge in [0.1, 0.15) is 11.9 Å².